The summed E-state index contributed by atoms with van der Waals surface area (Å²) in [6.07, 6.45) is 1.84. The van der Waals surface area contributed by atoms with Crippen molar-refractivity contribution < 1.29 is 15.0 Å². The zero-order valence-corrected chi connectivity index (χ0v) is 13.9. The van der Waals surface area contributed by atoms with Gasteiger partial charge in [-0.3, -0.25) is 0 Å². The minimum absolute atomic E-state index is 0.0948. The fourth-order valence-corrected chi connectivity index (χ4v) is 2.64. The lowest BCUT2D eigenvalue weighted by Gasteiger charge is -2.10. The molecule has 122 valence electrons. The summed E-state index contributed by atoms with van der Waals surface area (Å²) in [4.78, 5) is 10.8. The lowest BCUT2D eigenvalue weighted by atomic mass is 10.0. The first kappa shape index (κ1) is 17.2. The van der Waals surface area contributed by atoms with Gasteiger partial charge in [0.05, 0.1) is 0 Å². The standard InChI is InChI=1S/C18H20ClNO3/c1-11-8-13(9-12(2)17(11)19)4-3-7-20-14-5-6-15(18(22)23)16(21)10-14/h5-6,8-10,20-21H,3-4,7H2,1-2H3,(H,22,23). The van der Waals surface area contributed by atoms with Crippen LogP contribution in [0.5, 0.6) is 5.75 Å². The topological polar surface area (TPSA) is 69.6 Å². The number of hydrogen-bond acceptors (Lipinski definition) is 3. The van der Waals surface area contributed by atoms with E-state index in [0.29, 0.717) is 5.69 Å². The van der Waals surface area contributed by atoms with Crippen LogP contribution in [0.2, 0.25) is 5.02 Å². The van der Waals surface area contributed by atoms with E-state index in [2.05, 4.69) is 17.4 Å². The summed E-state index contributed by atoms with van der Waals surface area (Å²) in [6, 6.07) is 8.68. The number of carboxylic acid groups (broad SMARTS) is 1. The molecule has 0 fully saturated rings. The molecule has 2 aromatic rings. The summed E-state index contributed by atoms with van der Waals surface area (Å²) in [5, 5.41) is 22.5. The van der Waals surface area contributed by atoms with E-state index in [1.165, 1.54) is 17.7 Å². The molecule has 0 heterocycles. The highest BCUT2D eigenvalue weighted by molar-refractivity contribution is 6.32. The van der Waals surface area contributed by atoms with Gasteiger partial charge in [0.25, 0.3) is 0 Å². The molecule has 0 aromatic heterocycles. The highest BCUT2D eigenvalue weighted by Gasteiger charge is 2.09. The summed E-state index contributed by atoms with van der Waals surface area (Å²) in [5.74, 6) is -1.37. The van der Waals surface area contributed by atoms with Crippen LogP contribution in [-0.4, -0.2) is 22.7 Å². The molecule has 0 spiro atoms. The summed E-state index contributed by atoms with van der Waals surface area (Å²) in [6.45, 7) is 4.74. The zero-order valence-electron chi connectivity index (χ0n) is 13.2. The Labute approximate surface area is 140 Å². The minimum atomic E-state index is -1.14. The second-order valence-corrected chi connectivity index (χ2v) is 5.99. The number of aromatic carboxylic acids is 1. The van der Waals surface area contributed by atoms with Gasteiger partial charge in [-0.25, -0.2) is 4.79 Å². The van der Waals surface area contributed by atoms with Crippen LogP contribution < -0.4 is 5.32 Å². The van der Waals surface area contributed by atoms with E-state index in [4.69, 9.17) is 16.7 Å². The van der Waals surface area contributed by atoms with Gasteiger partial charge < -0.3 is 15.5 Å². The van der Waals surface area contributed by atoms with E-state index in [0.717, 1.165) is 35.5 Å². The third-order valence-corrected chi connectivity index (χ3v) is 4.29. The summed E-state index contributed by atoms with van der Waals surface area (Å²) >= 11 is 6.16. The van der Waals surface area contributed by atoms with Gasteiger partial charge >= 0.3 is 5.97 Å². The van der Waals surface area contributed by atoms with E-state index in [1.54, 1.807) is 6.07 Å². The van der Waals surface area contributed by atoms with Crippen LogP contribution in [0, 0.1) is 13.8 Å². The molecule has 0 saturated heterocycles. The van der Waals surface area contributed by atoms with Gasteiger partial charge in [0.1, 0.15) is 11.3 Å². The third-order valence-electron chi connectivity index (χ3n) is 3.70. The average molecular weight is 334 g/mol. The first-order chi connectivity index (χ1) is 10.9. The monoisotopic (exact) mass is 333 g/mol. The largest absolute Gasteiger partial charge is 0.507 e. The zero-order chi connectivity index (χ0) is 17.0. The number of nitrogens with one attached hydrogen (secondary N) is 1. The Morgan fingerprint density at radius 2 is 1.83 bits per heavy atom. The van der Waals surface area contributed by atoms with Crippen LogP contribution in [0.25, 0.3) is 0 Å². The minimum Gasteiger partial charge on any atom is -0.507 e. The van der Waals surface area contributed by atoms with Crippen molar-refractivity contribution in [1.29, 1.82) is 0 Å². The normalized spacial score (nSPS) is 10.6. The van der Waals surface area contributed by atoms with Crippen LogP contribution >= 0.6 is 11.6 Å². The summed E-state index contributed by atoms with van der Waals surface area (Å²) in [5.41, 5.74) is 4.03. The van der Waals surface area contributed by atoms with Gasteiger partial charge in [-0.1, -0.05) is 23.7 Å². The summed E-state index contributed by atoms with van der Waals surface area (Å²) < 4.78 is 0. The van der Waals surface area contributed by atoms with Gasteiger partial charge in [0.2, 0.25) is 0 Å². The maximum Gasteiger partial charge on any atom is 0.339 e. The fourth-order valence-electron chi connectivity index (χ4n) is 2.53. The van der Waals surface area contributed by atoms with Crippen LogP contribution in [0.15, 0.2) is 30.3 Å². The molecule has 0 unspecified atom stereocenters. The van der Waals surface area contributed by atoms with Crippen LogP contribution in [0.1, 0.15) is 33.5 Å². The predicted molar refractivity (Wildman–Crippen MR) is 92.8 cm³/mol. The Bertz CT molecular complexity index is 705. The lowest BCUT2D eigenvalue weighted by molar-refractivity contribution is 0.0694. The van der Waals surface area contributed by atoms with Crippen LogP contribution in [0.4, 0.5) is 5.69 Å². The molecule has 0 amide bonds. The van der Waals surface area contributed by atoms with Gasteiger partial charge in [0, 0.05) is 23.3 Å². The molecule has 3 N–H and O–H groups in total. The van der Waals surface area contributed by atoms with Crippen LogP contribution in [-0.2, 0) is 6.42 Å². The van der Waals surface area contributed by atoms with Crippen molar-refractivity contribution in [1.82, 2.24) is 0 Å². The van der Waals surface area contributed by atoms with Gasteiger partial charge in [-0.05, 0) is 55.5 Å². The Balaban J connectivity index is 1.88. The number of hydrogen-bond donors (Lipinski definition) is 3. The number of halogens is 1. The molecule has 0 radical (unpaired) electrons. The number of carbonyl (C=O) groups is 1. The van der Waals surface area contributed by atoms with Crippen molar-refractivity contribution in [3.05, 3.63) is 57.6 Å². The first-order valence-electron chi connectivity index (χ1n) is 7.44. The Hall–Kier alpha value is -2.20. The smallest absolute Gasteiger partial charge is 0.339 e. The van der Waals surface area contributed by atoms with Gasteiger partial charge in [-0.15, -0.1) is 0 Å². The Kier molecular flexibility index (Phi) is 5.50. The van der Waals surface area contributed by atoms with Crippen molar-refractivity contribution in [2.45, 2.75) is 26.7 Å². The number of benzene rings is 2. The van der Waals surface area contributed by atoms with Crippen molar-refractivity contribution in [3.63, 3.8) is 0 Å². The van der Waals surface area contributed by atoms with Crippen LogP contribution in [0.3, 0.4) is 0 Å². The summed E-state index contributed by atoms with van der Waals surface area (Å²) in [7, 11) is 0. The molecule has 0 aliphatic rings. The van der Waals surface area contributed by atoms with E-state index >= 15 is 0 Å². The molecule has 4 nitrogen and oxygen atoms in total. The maximum absolute atomic E-state index is 10.8. The molecule has 0 bridgehead atoms. The van der Waals surface area contributed by atoms with Crippen molar-refractivity contribution >= 4 is 23.3 Å². The number of carboxylic acids is 1. The lowest BCUT2D eigenvalue weighted by Crippen LogP contribution is -2.04. The van der Waals surface area contributed by atoms with Crippen molar-refractivity contribution in [2.75, 3.05) is 11.9 Å². The number of aromatic hydroxyl groups is 1. The number of rotatable bonds is 6. The molecule has 0 aliphatic heterocycles. The van der Waals surface area contributed by atoms with E-state index in [9.17, 15) is 9.90 Å². The average Bonchev–Trinajstić information content (AvgIpc) is 2.48. The molecule has 0 atom stereocenters. The number of aryl methyl sites for hydroxylation is 3. The molecule has 0 aliphatic carbocycles. The Morgan fingerprint density at radius 1 is 1.17 bits per heavy atom. The fraction of sp³-hybridized carbons (Fsp3) is 0.278. The molecular weight excluding hydrogens is 314 g/mol. The molecule has 2 rings (SSSR count). The molecule has 2 aromatic carbocycles. The van der Waals surface area contributed by atoms with E-state index in [-0.39, 0.29) is 11.3 Å². The van der Waals surface area contributed by atoms with Gasteiger partial charge in [-0.2, -0.15) is 0 Å². The van der Waals surface area contributed by atoms with Crippen molar-refractivity contribution in [3.8, 4) is 5.75 Å². The van der Waals surface area contributed by atoms with E-state index in [1.807, 2.05) is 13.8 Å². The molecule has 0 saturated carbocycles. The predicted octanol–water partition coefficient (Wildman–Crippen LogP) is 4.41. The highest BCUT2D eigenvalue weighted by atomic mass is 35.5. The number of anilines is 1. The highest BCUT2D eigenvalue weighted by Crippen LogP contribution is 2.23. The SMILES string of the molecule is Cc1cc(CCCNc2ccc(C(=O)O)c(O)c2)cc(C)c1Cl. The first-order valence-corrected chi connectivity index (χ1v) is 7.82. The van der Waals surface area contributed by atoms with Crippen molar-refractivity contribution in [2.24, 2.45) is 0 Å². The quantitative estimate of drug-likeness (QED) is 0.685. The van der Waals surface area contributed by atoms with Gasteiger partial charge in [0.15, 0.2) is 0 Å². The second kappa shape index (κ2) is 7.38. The van der Waals surface area contributed by atoms with E-state index < -0.39 is 5.97 Å². The maximum atomic E-state index is 10.8. The molecular formula is C18H20ClNO3. The number of phenols is 1. The second-order valence-electron chi connectivity index (χ2n) is 5.61. The molecule has 5 heteroatoms. The third kappa shape index (κ3) is 4.39. The molecule has 23 heavy (non-hydrogen) atoms. The Morgan fingerprint density at radius 3 is 2.39 bits per heavy atom.